The summed E-state index contributed by atoms with van der Waals surface area (Å²) >= 11 is 11.6. The predicted molar refractivity (Wildman–Crippen MR) is 63.6 cm³/mol. The van der Waals surface area contributed by atoms with Gasteiger partial charge >= 0.3 is 0 Å². The molecule has 0 aliphatic rings. The van der Waals surface area contributed by atoms with Crippen LogP contribution >= 0.6 is 23.2 Å². The first kappa shape index (κ1) is 12.5. The number of halogens is 2. The van der Waals surface area contributed by atoms with Crippen LogP contribution in [0.2, 0.25) is 10.0 Å². The van der Waals surface area contributed by atoms with E-state index in [1.165, 1.54) is 0 Å². The molecule has 1 rings (SSSR count). The molecule has 15 heavy (non-hydrogen) atoms. The molecule has 2 nitrogen and oxygen atoms in total. The summed E-state index contributed by atoms with van der Waals surface area (Å²) in [6.45, 7) is 3.61. The van der Waals surface area contributed by atoms with Gasteiger partial charge in [-0.3, -0.25) is 4.79 Å². The van der Waals surface area contributed by atoms with E-state index in [1.54, 1.807) is 32.0 Å². The van der Waals surface area contributed by atoms with Crippen LogP contribution in [0.1, 0.15) is 24.2 Å². The molecule has 0 aliphatic heterocycles. The molecule has 0 aliphatic carbocycles. The second-order valence-corrected chi connectivity index (χ2v) is 4.46. The summed E-state index contributed by atoms with van der Waals surface area (Å²) in [6.07, 6.45) is 0. The molecule has 0 amide bonds. The van der Waals surface area contributed by atoms with Crippen LogP contribution in [0.4, 0.5) is 0 Å². The molecule has 0 saturated heterocycles. The molecule has 0 radical (unpaired) electrons. The van der Waals surface area contributed by atoms with Gasteiger partial charge in [0.1, 0.15) is 0 Å². The van der Waals surface area contributed by atoms with Gasteiger partial charge in [-0.15, -0.1) is 0 Å². The van der Waals surface area contributed by atoms with Gasteiger partial charge in [0.05, 0.1) is 10.0 Å². The van der Waals surface area contributed by atoms with E-state index in [1.807, 2.05) is 0 Å². The lowest BCUT2D eigenvalue weighted by Crippen LogP contribution is -2.30. The minimum Gasteiger partial charge on any atom is -0.327 e. The highest BCUT2D eigenvalue weighted by Crippen LogP contribution is 2.24. The standard InChI is InChI=1S/C11H13Cl2NO/c1-6(7(2)14)11(15)8-3-4-9(12)10(13)5-8/h3-7H,14H2,1-2H3. The lowest BCUT2D eigenvalue weighted by Gasteiger charge is -2.14. The molecule has 0 saturated carbocycles. The van der Waals surface area contributed by atoms with Gasteiger partial charge in [0.25, 0.3) is 0 Å². The Bertz CT molecular complexity index is 377. The number of nitrogens with two attached hydrogens (primary N) is 1. The molecule has 0 spiro atoms. The lowest BCUT2D eigenvalue weighted by atomic mass is 9.94. The van der Waals surface area contributed by atoms with Crippen LogP contribution < -0.4 is 5.73 Å². The molecular weight excluding hydrogens is 233 g/mol. The first-order valence-electron chi connectivity index (χ1n) is 4.68. The van der Waals surface area contributed by atoms with Crippen molar-refractivity contribution in [2.75, 3.05) is 0 Å². The summed E-state index contributed by atoms with van der Waals surface area (Å²) in [4.78, 5) is 11.9. The second-order valence-electron chi connectivity index (χ2n) is 3.64. The zero-order valence-electron chi connectivity index (χ0n) is 8.63. The van der Waals surface area contributed by atoms with Crippen LogP contribution in [-0.2, 0) is 0 Å². The smallest absolute Gasteiger partial charge is 0.167 e. The van der Waals surface area contributed by atoms with E-state index in [2.05, 4.69) is 0 Å². The number of rotatable bonds is 3. The van der Waals surface area contributed by atoms with Crippen molar-refractivity contribution in [1.29, 1.82) is 0 Å². The maximum Gasteiger partial charge on any atom is 0.167 e. The normalized spacial score (nSPS) is 14.7. The molecular formula is C11H13Cl2NO. The number of ketones is 1. The molecule has 0 fully saturated rings. The van der Waals surface area contributed by atoms with E-state index in [4.69, 9.17) is 28.9 Å². The summed E-state index contributed by atoms with van der Waals surface area (Å²) in [6, 6.07) is 4.68. The van der Waals surface area contributed by atoms with Gasteiger partial charge in [-0.05, 0) is 25.1 Å². The van der Waals surface area contributed by atoms with E-state index in [0.717, 1.165) is 0 Å². The Morgan fingerprint density at radius 1 is 1.27 bits per heavy atom. The SMILES string of the molecule is CC(N)C(C)C(=O)c1ccc(Cl)c(Cl)c1. The first-order valence-corrected chi connectivity index (χ1v) is 5.44. The Morgan fingerprint density at radius 2 is 1.87 bits per heavy atom. The fourth-order valence-electron chi connectivity index (χ4n) is 1.15. The quantitative estimate of drug-likeness (QED) is 0.832. The van der Waals surface area contributed by atoms with Crippen molar-refractivity contribution in [2.45, 2.75) is 19.9 Å². The number of hydrogen-bond donors (Lipinski definition) is 1. The van der Waals surface area contributed by atoms with Crippen molar-refractivity contribution >= 4 is 29.0 Å². The average molecular weight is 246 g/mol. The van der Waals surface area contributed by atoms with Crippen LogP contribution in [0, 0.1) is 5.92 Å². The topological polar surface area (TPSA) is 43.1 Å². The highest BCUT2D eigenvalue weighted by Gasteiger charge is 2.19. The van der Waals surface area contributed by atoms with Crippen LogP contribution in [0.5, 0.6) is 0 Å². The highest BCUT2D eigenvalue weighted by atomic mass is 35.5. The zero-order chi connectivity index (χ0) is 11.6. The van der Waals surface area contributed by atoms with Gasteiger partial charge in [-0.25, -0.2) is 0 Å². The molecule has 2 N–H and O–H groups in total. The van der Waals surface area contributed by atoms with E-state index < -0.39 is 0 Å². The van der Waals surface area contributed by atoms with Crippen molar-refractivity contribution in [1.82, 2.24) is 0 Å². The predicted octanol–water partition coefficient (Wildman–Crippen LogP) is 3.16. The van der Waals surface area contributed by atoms with Crippen molar-refractivity contribution < 1.29 is 4.79 Å². The number of carbonyl (C=O) groups excluding carboxylic acids is 1. The van der Waals surface area contributed by atoms with E-state index >= 15 is 0 Å². The monoisotopic (exact) mass is 245 g/mol. The summed E-state index contributed by atoms with van der Waals surface area (Å²) in [7, 11) is 0. The van der Waals surface area contributed by atoms with Crippen molar-refractivity contribution in [2.24, 2.45) is 11.7 Å². The number of hydrogen-bond acceptors (Lipinski definition) is 2. The van der Waals surface area contributed by atoms with Crippen molar-refractivity contribution in [3.8, 4) is 0 Å². The fraction of sp³-hybridized carbons (Fsp3) is 0.364. The molecule has 0 heterocycles. The van der Waals surface area contributed by atoms with E-state index in [9.17, 15) is 4.79 Å². The van der Waals surface area contributed by atoms with Gasteiger partial charge in [0.15, 0.2) is 5.78 Å². The molecule has 82 valence electrons. The Hall–Kier alpha value is -0.570. The molecule has 0 aromatic heterocycles. The first-order chi connectivity index (χ1) is 6.93. The number of benzene rings is 1. The Kier molecular flexibility index (Phi) is 4.14. The molecule has 1 aromatic rings. The van der Waals surface area contributed by atoms with Gasteiger partial charge < -0.3 is 5.73 Å². The third-order valence-corrected chi connectivity index (χ3v) is 3.15. The fourth-order valence-corrected chi connectivity index (χ4v) is 1.45. The van der Waals surface area contributed by atoms with Gasteiger partial charge in [-0.2, -0.15) is 0 Å². The second kappa shape index (κ2) is 4.97. The average Bonchev–Trinajstić information content (AvgIpc) is 2.19. The minimum absolute atomic E-state index is 0.0106. The molecule has 1 aromatic carbocycles. The maximum atomic E-state index is 11.9. The van der Waals surface area contributed by atoms with E-state index in [0.29, 0.717) is 15.6 Å². The molecule has 4 heteroatoms. The zero-order valence-corrected chi connectivity index (χ0v) is 10.1. The van der Waals surface area contributed by atoms with Crippen molar-refractivity contribution in [3.63, 3.8) is 0 Å². The Balaban J connectivity index is 2.97. The van der Waals surface area contributed by atoms with Gasteiger partial charge in [0.2, 0.25) is 0 Å². The molecule has 0 bridgehead atoms. The third kappa shape index (κ3) is 2.94. The third-order valence-electron chi connectivity index (χ3n) is 2.41. The van der Waals surface area contributed by atoms with Crippen LogP contribution in [0.3, 0.4) is 0 Å². The van der Waals surface area contributed by atoms with Crippen LogP contribution in [-0.4, -0.2) is 11.8 Å². The number of carbonyl (C=O) groups is 1. The largest absolute Gasteiger partial charge is 0.327 e. The molecule has 2 unspecified atom stereocenters. The summed E-state index contributed by atoms with van der Waals surface area (Å²) in [5.41, 5.74) is 6.21. The summed E-state index contributed by atoms with van der Waals surface area (Å²) in [5, 5.41) is 0.834. The van der Waals surface area contributed by atoms with E-state index in [-0.39, 0.29) is 17.7 Å². The van der Waals surface area contributed by atoms with Crippen LogP contribution in [0.15, 0.2) is 18.2 Å². The Morgan fingerprint density at radius 3 is 2.33 bits per heavy atom. The maximum absolute atomic E-state index is 11.9. The lowest BCUT2D eigenvalue weighted by molar-refractivity contribution is 0.0917. The minimum atomic E-state index is -0.220. The van der Waals surface area contributed by atoms with Gasteiger partial charge in [0, 0.05) is 17.5 Å². The molecule has 2 atom stereocenters. The van der Waals surface area contributed by atoms with Crippen molar-refractivity contribution in [3.05, 3.63) is 33.8 Å². The highest BCUT2D eigenvalue weighted by molar-refractivity contribution is 6.42. The van der Waals surface area contributed by atoms with Gasteiger partial charge in [-0.1, -0.05) is 30.1 Å². The summed E-state index contributed by atoms with van der Waals surface area (Å²) < 4.78 is 0. The summed E-state index contributed by atoms with van der Waals surface area (Å²) in [5.74, 6) is -0.231. The number of Topliss-reactive ketones (excluding diaryl/α,β-unsaturated/α-hetero) is 1. The van der Waals surface area contributed by atoms with Crippen LogP contribution in [0.25, 0.3) is 0 Å². The Labute approximate surface area is 99.4 Å².